The first-order valence-corrected chi connectivity index (χ1v) is 6.97. The van der Waals surface area contributed by atoms with Crippen molar-refractivity contribution in [3.8, 4) is 11.5 Å². The van der Waals surface area contributed by atoms with Crippen molar-refractivity contribution in [2.75, 3.05) is 34.0 Å². The molecular weight excluding hydrogens is 258 g/mol. The van der Waals surface area contributed by atoms with Crippen molar-refractivity contribution in [1.82, 2.24) is 5.32 Å². The van der Waals surface area contributed by atoms with Crippen LogP contribution in [0.5, 0.6) is 11.5 Å². The molecule has 5 nitrogen and oxygen atoms in total. The summed E-state index contributed by atoms with van der Waals surface area (Å²) >= 11 is 0. The molecule has 20 heavy (non-hydrogen) atoms. The Hall–Kier alpha value is -1.30. The Morgan fingerprint density at radius 1 is 1.25 bits per heavy atom. The number of ether oxygens (including phenoxy) is 4. The summed E-state index contributed by atoms with van der Waals surface area (Å²) in [6.45, 7) is 4.27. The van der Waals surface area contributed by atoms with E-state index in [0.29, 0.717) is 13.2 Å². The first-order chi connectivity index (χ1) is 9.78. The van der Waals surface area contributed by atoms with Gasteiger partial charge in [0.15, 0.2) is 6.29 Å². The van der Waals surface area contributed by atoms with Crippen molar-refractivity contribution in [2.24, 2.45) is 0 Å². The zero-order valence-electron chi connectivity index (χ0n) is 12.3. The molecule has 0 radical (unpaired) electrons. The standard InChI is InChI=1S/C15H23NO4/c1-4-16-13(10-15-19-7-8-20-15)12-9-11(17-2)5-6-14(12)18-3/h5-6,9,13,15-16H,4,7-8,10H2,1-3H3. The summed E-state index contributed by atoms with van der Waals surface area (Å²) in [6, 6.07) is 5.93. The topological polar surface area (TPSA) is 49.0 Å². The molecule has 1 aliphatic heterocycles. The third kappa shape index (κ3) is 3.62. The molecule has 1 saturated heterocycles. The molecule has 0 spiro atoms. The van der Waals surface area contributed by atoms with Crippen molar-refractivity contribution < 1.29 is 18.9 Å². The van der Waals surface area contributed by atoms with E-state index in [2.05, 4.69) is 12.2 Å². The zero-order valence-corrected chi connectivity index (χ0v) is 12.3. The fourth-order valence-electron chi connectivity index (χ4n) is 2.41. The average molecular weight is 281 g/mol. The lowest BCUT2D eigenvalue weighted by atomic mass is 10.0. The Balaban J connectivity index is 2.21. The van der Waals surface area contributed by atoms with Crippen LogP contribution in [0, 0.1) is 0 Å². The normalized spacial score (nSPS) is 17.1. The minimum atomic E-state index is -0.157. The van der Waals surface area contributed by atoms with Gasteiger partial charge in [0, 0.05) is 18.0 Å². The third-order valence-electron chi connectivity index (χ3n) is 3.38. The molecule has 1 fully saturated rings. The summed E-state index contributed by atoms with van der Waals surface area (Å²) in [4.78, 5) is 0. The van der Waals surface area contributed by atoms with Crippen molar-refractivity contribution in [2.45, 2.75) is 25.7 Å². The molecule has 0 aromatic heterocycles. The quantitative estimate of drug-likeness (QED) is 0.829. The lowest BCUT2D eigenvalue weighted by Gasteiger charge is -2.23. The van der Waals surface area contributed by atoms with Crippen LogP contribution < -0.4 is 14.8 Å². The van der Waals surface area contributed by atoms with Gasteiger partial charge in [0.25, 0.3) is 0 Å². The van der Waals surface area contributed by atoms with Gasteiger partial charge in [-0.2, -0.15) is 0 Å². The van der Waals surface area contributed by atoms with Crippen LogP contribution in [0.2, 0.25) is 0 Å². The summed E-state index contributed by atoms with van der Waals surface area (Å²) < 4.78 is 21.9. The number of benzene rings is 1. The van der Waals surface area contributed by atoms with Crippen molar-refractivity contribution in [3.63, 3.8) is 0 Å². The lowest BCUT2D eigenvalue weighted by molar-refractivity contribution is -0.0530. The second-order valence-corrected chi connectivity index (χ2v) is 4.62. The van der Waals surface area contributed by atoms with Crippen LogP contribution in [0.15, 0.2) is 18.2 Å². The van der Waals surface area contributed by atoms with Gasteiger partial charge in [-0.25, -0.2) is 0 Å². The Morgan fingerprint density at radius 3 is 2.60 bits per heavy atom. The minimum Gasteiger partial charge on any atom is -0.497 e. The van der Waals surface area contributed by atoms with Gasteiger partial charge in [0.1, 0.15) is 11.5 Å². The molecule has 1 aliphatic rings. The summed E-state index contributed by atoms with van der Waals surface area (Å²) in [5, 5.41) is 3.46. The van der Waals surface area contributed by atoms with E-state index >= 15 is 0 Å². The van der Waals surface area contributed by atoms with Gasteiger partial charge >= 0.3 is 0 Å². The largest absolute Gasteiger partial charge is 0.497 e. The number of hydrogen-bond acceptors (Lipinski definition) is 5. The highest BCUT2D eigenvalue weighted by molar-refractivity contribution is 5.42. The summed E-state index contributed by atoms with van der Waals surface area (Å²) in [5.41, 5.74) is 1.06. The van der Waals surface area contributed by atoms with Gasteiger partial charge in [-0.05, 0) is 24.7 Å². The fraction of sp³-hybridized carbons (Fsp3) is 0.600. The van der Waals surface area contributed by atoms with Gasteiger partial charge < -0.3 is 24.3 Å². The maximum absolute atomic E-state index is 5.55. The third-order valence-corrected chi connectivity index (χ3v) is 3.38. The Bertz CT molecular complexity index is 418. The number of methoxy groups -OCH3 is 2. The molecule has 112 valence electrons. The lowest BCUT2D eigenvalue weighted by Crippen LogP contribution is -2.26. The van der Waals surface area contributed by atoms with E-state index in [0.717, 1.165) is 30.0 Å². The average Bonchev–Trinajstić information content (AvgIpc) is 2.99. The summed E-state index contributed by atoms with van der Waals surface area (Å²) in [6.07, 6.45) is 0.590. The smallest absolute Gasteiger partial charge is 0.159 e. The van der Waals surface area contributed by atoms with Gasteiger partial charge in [0.2, 0.25) is 0 Å². The van der Waals surface area contributed by atoms with E-state index in [4.69, 9.17) is 18.9 Å². The van der Waals surface area contributed by atoms with Gasteiger partial charge in [-0.1, -0.05) is 6.92 Å². The Kier molecular flexibility index (Phi) is 5.64. The highest BCUT2D eigenvalue weighted by Gasteiger charge is 2.24. The van der Waals surface area contributed by atoms with Gasteiger partial charge in [-0.3, -0.25) is 0 Å². The zero-order chi connectivity index (χ0) is 14.4. The Morgan fingerprint density at radius 2 is 2.00 bits per heavy atom. The number of rotatable bonds is 7. The van der Waals surface area contributed by atoms with Crippen LogP contribution in [-0.2, 0) is 9.47 Å². The van der Waals surface area contributed by atoms with Crippen LogP contribution in [-0.4, -0.2) is 40.3 Å². The first kappa shape index (κ1) is 15.1. The maximum Gasteiger partial charge on any atom is 0.159 e. The second kappa shape index (κ2) is 7.47. The van der Waals surface area contributed by atoms with Crippen LogP contribution in [0.4, 0.5) is 0 Å². The molecule has 5 heteroatoms. The molecule has 0 aliphatic carbocycles. The highest BCUT2D eigenvalue weighted by atomic mass is 16.7. The van der Waals surface area contributed by atoms with Crippen LogP contribution in [0.3, 0.4) is 0 Å². The van der Waals surface area contributed by atoms with Crippen molar-refractivity contribution in [3.05, 3.63) is 23.8 Å². The van der Waals surface area contributed by atoms with E-state index in [1.807, 2.05) is 18.2 Å². The van der Waals surface area contributed by atoms with Crippen molar-refractivity contribution >= 4 is 0 Å². The monoisotopic (exact) mass is 281 g/mol. The van der Waals surface area contributed by atoms with Crippen LogP contribution in [0.25, 0.3) is 0 Å². The van der Waals surface area contributed by atoms with E-state index in [-0.39, 0.29) is 12.3 Å². The molecule has 2 rings (SSSR count). The molecule has 1 unspecified atom stereocenters. The second-order valence-electron chi connectivity index (χ2n) is 4.62. The number of nitrogens with one attached hydrogen (secondary N) is 1. The minimum absolute atomic E-state index is 0.105. The SMILES string of the molecule is CCNC(CC1OCCO1)c1cc(OC)ccc1OC. The summed E-state index contributed by atoms with van der Waals surface area (Å²) in [5.74, 6) is 1.66. The molecule has 1 heterocycles. The predicted octanol–water partition coefficient (Wildman–Crippen LogP) is 2.12. The maximum atomic E-state index is 5.55. The van der Waals surface area contributed by atoms with E-state index in [9.17, 15) is 0 Å². The van der Waals surface area contributed by atoms with E-state index in [1.165, 1.54) is 0 Å². The van der Waals surface area contributed by atoms with Gasteiger partial charge in [0.05, 0.1) is 27.4 Å². The molecular formula is C15H23NO4. The number of hydrogen-bond donors (Lipinski definition) is 1. The predicted molar refractivity (Wildman–Crippen MR) is 76.3 cm³/mol. The molecule has 0 bridgehead atoms. The van der Waals surface area contributed by atoms with Crippen LogP contribution in [0.1, 0.15) is 24.9 Å². The van der Waals surface area contributed by atoms with Crippen molar-refractivity contribution in [1.29, 1.82) is 0 Å². The highest BCUT2D eigenvalue weighted by Crippen LogP contribution is 2.32. The molecule has 1 N–H and O–H groups in total. The van der Waals surface area contributed by atoms with Crippen LogP contribution >= 0.6 is 0 Å². The summed E-state index contributed by atoms with van der Waals surface area (Å²) in [7, 11) is 3.34. The molecule has 0 amide bonds. The molecule has 0 saturated carbocycles. The van der Waals surface area contributed by atoms with Gasteiger partial charge in [-0.15, -0.1) is 0 Å². The molecule has 1 atom stereocenters. The fourth-order valence-corrected chi connectivity index (χ4v) is 2.41. The molecule has 1 aromatic rings. The van der Waals surface area contributed by atoms with E-state index in [1.54, 1.807) is 14.2 Å². The Labute approximate surface area is 120 Å². The molecule has 1 aromatic carbocycles. The van der Waals surface area contributed by atoms with E-state index < -0.39 is 0 Å². The first-order valence-electron chi connectivity index (χ1n) is 6.97.